The van der Waals surface area contributed by atoms with Crippen molar-refractivity contribution in [1.82, 2.24) is 0 Å². The van der Waals surface area contributed by atoms with Crippen molar-refractivity contribution in [2.75, 3.05) is 25.2 Å². The van der Waals surface area contributed by atoms with Crippen molar-refractivity contribution < 1.29 is 8.95 Å². The lowest BCUT2D eigenvalue weighted by Crippen LogP contribution is -2.05. The fourth-order valence-electron chi connectivity index (χ4n) is 0.320. The normalized spacial score (nSPS) is 12.4. The molecule has 0 bridgehead atoms. The van der Waals surface area contributed by atoms with E-state index in [9.17, 15) is 4.21 Å². The minimum Gasteiger partial charge on any atom is -0.384 e. The highest BCUT2D eigenvalue weighted by Gasteiger charge is 1.95. The molecule has 0 saturated heterocycles. The summed E-state index contributed by atoms with van der Waals surface area (Å²) in [7, 11) is 0.539. The fourth-order valence-corrected chi connectivity index (χ4v) is 0.961. The third kappa shape index (κ3) is 5.47. The van der Waals surface area contributed by atoms with E-state index in [-0.39, 0.29) is 5.75 Å². The van der Waals surface area contributed by atoms with Crippen molar-refractivity contribution in [3.8, 4) is 6.07 Å². The SMILES string of the molecule is COCCS(=O)CC#N. The number of hydrogen-bond donors (Lipinski definition) is 0. The van der Waals surface area contributed by atoms with E-state index in [1.807, 2.05) is 6.07 Å². The first kappa shape index (κ1) is 8.60. The van der Waals surface area contributed by atoms with E-state index >= 15 is 0 Å². The van der Waals surface area contributed by atoms with Gasteiger partial charge >= 0.3 is 0 Å². The summed E-state index contributed by atoms with van der Waals surface area (Å²) in [6, 6.07) is 1.82. The monoisotopic (exact) mass is 147 g/mol. The molecule has 0 aromatic carbocycles. The van der Waals surface area contributed by atoms with Gasteiger partial charge in [0.2, 0.25) is 0 Å². The molecule has 3 nitrogen and oxygen atoms in total. The van der Waals surface area contributed by atoms with Crippen LogP contribution >= 0.6 is 0 Å². The van der Waals surface area contributed by atoms with Crippen molar-refractivity contribution in [1.29, 1.82) is 5.26 Å². The molecule has 52 valence electrons. The molecule has 0 fully saturated rings. The fraction of sp³-hybridized carbons (Fsp3) is 0.800. The smallest absolute Gasteiger partial charge is 0.111 e. The second-order valence-corrected chi connectivity index (χ2v) is 3.02. The van der Waals surface area contributed by atoms with Gasteiger partial charge in [-0.2, -0.15) is 5.26 Å². The van der Waals surface area contributed by atoms with Gasteiger partial charge in [0.05, 0.1) is 12.7 Å². The standard InChI is InChI=1S/C5H9NO2S/c1-8-3-5-9(7)4-2-6/h3-5H2,1H3. The average molecular weight is 147 g/mol. The Morgan fingerprint density at radius 3 is 2.89 bits per heavy atom. The Morgan fingerprint density at radius 1 is 1.78 bits per heavy atom. The number of nitriles is 1. The lowest BCUT2D eigenvalue weighted by molar-refractivity contribution is 0.218. The van der Waals surface area contributed by atoms with E-state index in [0.717, 1.165) is 0 Å². The van der Waals surface area contributed by atoms with Gasteiger partial charge < -0.3 is 4.74 Å². The molecule has 1 unspecified atom stereocenters. The minimum atomic E-state index is -1.01. The molecule has 9 heavy (non-hydrogen) atoms. The van der Waals surface area contributed by atoms with Gasteiger partial charge in [-0.1, -0.05) is 0 Å². The van der Waals surface area contributed by atoms with E-state index < -0.39 is 10.8 Å². The van der Waals surface area contributed by atoms with Crippen molar-refractivity contribution in [2.24, 2.45) is 0 Å². The first-order chi connectivity index (χ1) is 4.31. The summed E-state index contributed by atoms with van der Waals surface area (Å²) in [4.78, 5) is 0. The van der Waals surface area contributed by atoms with Gasteiger partial charge in [-0.05, 0) is 0 Å². The van der Waals surface area contributed by atoms with Crippen LogP contribution in [0.2, 0.25) is 0 Å². The number of methoxy groups -OCH3 is 1. The van der Waals surface area contributed by atoms with Crippen LogP contribution in [-0.4, -0.2) is 29.4 Å². The van der Waals surface area contributed by atoms with Crippen LogP contribution in [0.3, 0.4) is 0 Å². The molecule has 0 aliphatic carbocycles. The molecule has 0 amide bonds. The van der Waals surface area contributed by atoms with Gasteiger partial charge in [-0.25, -0.2) is 0 Å². The molecule has 0 saturated carbocycles. The molecule has 0 aromatic heterocycles. The largest absolute Gasteiger partial charge is 0.384 e. The molecule has 0 heterocycles. The van der Waals surface area contributed by atoms with Crippen LogP contribution in [0.4, 0.5) is 0 Å². The van der Waals surface area contributed by atoms with E-state index in [2.05, 4.69) is 4.74 Å². The Labute approximate surface area is 57.1 Å². The Balaban J connectivity index is 3.19. The predicted molar refractivity (Wildman–Crippen MR) is 35.4 cm³/mol. The maximum absolute atomic E-state index is 10.6. The minimum absolute atomic E-state index is 0.114. The van der Waals surface area contributed by atoms with Gasteiger partial charge in [0.25, 0.3) is 0 Å². The molecule has 0 aliphatic rings. The summed E-state index contributed by atoms with van der Waals surface area (Å²) in [5.74, 6) is 0.577. The van der Waals surface area contributed by atoms with E-state index in [1.165, 1.54) is 0 Å². The summed E-state index contributed by atoms with van der Waals surface area (Å²) in [6.07, 6.45) is 0. The molecular weight excluding hydrogens is 138 g/mol. The molecule has 0 spiro atoms. The summed E-state index contributed by atoms with van der Waals surface area (Å²) in [6.45, 7) is 0.467. The highest BCUT2D eigenvalue weighted by Crippen LogP contribution is 1.80. The second kappa shape index (κ2) is 5.73. The first-order valence-corrected chi connectivity index (χ1v) is 4.01. The van der Waals surface area contributed by atoms with E-state index in [4.69, 9.17) is 5.26 Å². The zero-order valence-electron chi connectivity index (χ0n) is 5.29. The summed E-state index contributed by atoms with van der Waals surface area (Å²) in [5, 5.41) is 8.05. The van der Waals surface area contributed by atoms with Gasteiger partial charge in [-0.15, -0.1) is 0 Å². The third-order valence-electron chi connectivity index (χ3n) is 0.741. The van der Waals surface area contributed by atoms with Crippen molar-refractivity contribution in [3.63, 3.8) is 0 Å². The maximum atomic E-state index is 10.6. The topological polar surface area (TPSA) is 50.1 Å². The molecular formula is C5H9NO2S. The van der Waals surface area contributed by atoms with Crippen molar-refractivity contribution >= 4 is 10.8 Å². The molecule has 4 heteroatoms. The van der Waals surface area contributed by atoms with Crippen LogP contribution in [0.15, 0.2) is 0 Å². The van der Waals surface area contributed by atoms with Crippen LogP contribution in [0.25, 0.3) is 0 Å². The Bertz CT molecular complexity index is 129. The number of hydrogen-bond acceptors (Lipinski definition) is 3. The maximum Gasteiger partial charge on any atom is 0.111 e. The van der Waals surface area contributed by atoms with Crippen molar-refractivity contribution in [2.45, 2.75) is 0 Å². The molecule has 1 atom stereocenters. The quantitative estimate of drug-likeness (QED) is 0.558. The third-order valence-corrected chi connectivity index (χ3v) is 1.81. The summed E-state index contributed by atoms with van der Waals surface area (Å²) >= 11 is 0. The van der Waals surface area contributed by atoms with Crippen LogP contribution in [-0.2, 0) is 15.5 Å². The van der Waals surface area contributed by atoms with Gasteiger partial charge in [0.15, 0.2) is 0 Å². The second-order valence-electron chi connectivity index (χ2n) is 1.44. The number of ether oxygens (including phenoxy) is 1. The van der Waals surface area contributed by atoms with Crippen LogP contribution in [0.1, 0.15) is 0 Å². The van der Waals surface area contributed by atoms with E-state index in [0.29, 0.717) is 12.4 Å². The average Bonchev–Trinajstić information content (AvgIpc) is 1.85. The number of rotatable bonds is 4. The highest BCUT2D eigenvalue weighted by atomic mass is 32.2. The van der Waals surface area contributed by atoms with Gasteiger partial charge in [-0.3, -0.25) is 4.21 Å². The predicted octanol–water partition coefficient (Wildman–Crippen LogP) is -0.0949. The highest BCUT2D eigenvalue weighted by molar-refractivity contribution is 7.85. The van der Waals surface area contributed by atoms with Crippen LogP contribution in [0.5, 0.6) is 0 Å². The number of nitrogens with zero attached hydrogens (tertiary/aromatic N) is 1. The molecule has 0 radical (unpaired) electrons. The van der Waals surface area contributed by atoms with E-state index in [1.54, 1.807) is 7.11 Å². The van der Waals surface area contributed by atoms with Crippen LogP contribution < -0.4 is 0 Å². The van der Waals surface area contributed by atoms with Crippen LogP contribution in [0, 0.1) is 11.3 Å². The van der Waals surface area contributed by atoms with Gasteiger partial charge in [0, 0.05) is 23.7 Å². The Hall–Kier alpha value is -0.400. The molecule has 0 rings (SSSR count). The molecule has 0 aromatic rings. The lowest BCUT2D eigenvalue weighted by atomic mass is 10.9. The first-order valence-electron chi connectivity index (χ1n) is 2.52. The Morgan fingerprint density at radius 2 is 2.44 bits per heavy atom. The Kier molecular flexibility index (Phi) is 5.48. The lowest BCUT2D eigenvalue weighted by Gasteiger charge is -1.93. The molecule has 0 aliphatic heterocycles. The summed E-state index contributed by atoms with van der Waals surface area (Å²) < 4.78 is 15.3. The molecule has 0 N–H and O–H groups in total. The zero-order chi connectivity index (χ0) is 7.11. The van der Waals surface area contributed by atoms with Gasteiger partial charge in [0.1, 0.15) is 5.75 Å². The van der Waals surface area contributed by atoms with Crippen molar-refractivity contribution in [3.05, 3.63) is 0 Å². The zero-order valence-corrected chi connectivity index (χ0v) is 6.11. The summed E-state index contributed by atoms with van der Waals surface area (Å²) in [5.41, 5.74) is 0.